The number of nitrogens with zero attached hydrogens (tertiary/aromatic N) is 2. The Bertz CT molecular complexity index is 1200. The molecule has 2 N–H and O–H groups in total. The zero-order chi connectivity index (χ0) is 23.9. The molecule has 4 aromatic carbocycles. The number of rotatable bonds is 3. The highest BCUT2D eigenvalue weighted by Crippen LogP contribution is 2.64. The van der Waals surface area contributed by atoms with Gasteiger partial charge in [0.1, 0.15) is 5.75 Å². The van der Waals surface area contributed by atoms with Crippen molar-refractivity contribution in [3.05, 3.63) is 103 Å². The number of hydrogen-bond donors (Lipinski definition) is 2. The van der Waals surface area contributed by atoms with Crippen LogP contribution < -0.4 is 4.86 Å². The number of phenolic OH excluding ortho intramolecular Hbond substituents is 1. The average Bonchev–Trinajstić information content (AvgIpc) is 2.89. The van der Waals surface area contributed by atoms with Crippen LogP contribution in [-0.2, 0) is 0 Å². The Morgan fingerprint density at radius 2 is 1.06 bits per heavy atom. The van der Waals surface area contributed by atoms with Crippen LogP contribution in [0.2, 0.25) is 0 Å². The molecule has 0 saturated carbocycles. The number of hydrogen-bond acceptors (Lipinski definition) is 4. The summed E-state index contributed by atoms with van der Waals surface area (Å²) in [4.78, 5) is 2.99. The Hall–Kier alpha value is -1.28. The molecule has 0 spiro atoms. The van der Waals surface area contributed by atoms with E-state index in [0.717, 1.165) is 33.4 Å². The lowest BCUT2D eigenvalue weighted by Gasteiger charge is -2.29. The molecular formula is C24H21Cl3N3OP3. The topological polar surface area (TPSA) is 38.7 Å². The standard InChI is InChI=1S/C24H18O.Cl3H3N3P3/c25-22-17-16-21(18-10-4-1-5-11-18)23(19-12-6-2-7-13-19)24(22)20-14-8-3-9-15-20;1-5-7-4-8-6(2)9(5)3/h1-17,25H;4,7-8H. The molecule has 34 heavy (non-hydrogen) atoms. The van der Waals surface area contributed by atoms with E-state index in [-0.39, 0.29) is 0 Å². The second kappa shape index (κ2) is 12.6. The third-order valence-electron chi connectivity index (χ3n) is 4.98. The van der Waals surface area contributed by atoms with Gasteiger partial charge in [-0.1, -0.05) is 108 Å². The molecule has 0 amide bonds. The lowest BCUT2D eigenvalue weighted by atomic mass is 9.87. The molecule has 4 aromatic rings. The van der Waals surface area contributed by atoms with Gasteiger partial charge in [0.15, 0.2) is 7.58 Å². The maximum atomic E-state index is 10.7. The fourth-order valence-corrected chi connectivity index (χ4v) is 9.25. The van der Waals surface area contributed by atoms with Gasteiger partial charge in [-0.3, -0.25) is 4.86 Å². The van der Waals surface area contributed by atoms with Gasteiger partial charge in [0, 0.05) is 28.9 Å². The van der Waals surface area contributed by atoms with Gasteiger partial charge in [0.2, 0.25) is 0 Å². The summed E-state index contributed by atoms with van der Waals surface area (Å²) < 4.78 is 2.95. The number of benzene rings is 4. The zero-order valence-electron chi connectivity index (χ0n) is 17.7. The number of aromatic hydroxyl groups is 1. The van der Waals surface area contributed by atoms with Crippen molar-refractivity contribution in [3.8, 4) is 39.1 Å². The van der Waals surface area contributed by atoms with Crippen LogP contribution >= 0.6 is 60.1 Å². The van der Waals surface area contributed by atoms with E-state index in [0.29, 0.717) is 23.5 Å². The summed E-state index contributed by atoms with van der Waals surface area (Å²) in [5.74, 6) is 0.296. The van der Waals surface area contributed by atoms with Crippen molar-refractivity contribution in [1.82, 2.24) is 12.8 Å². The molecule has 0 radical (unpaired) electrons. The molecular weight excluding hydrogens is 546 g/mol. The molecule has 10 heteroatoms. The maximum Gasteiger partial charge on any atom is 0.179 e. The minimum absolute atomic E-state index is 0.296. The van der Waals surface area contributed by atoms with Crippen LogP contribution in [-0.4, -0.2) is 13.0 Å². The first-order valence-corrected chi connectivity index (χ1v) is 14.9. The van der Waals surface area contributed by atoms with Crippen molar-refractivity contribution in [2.75, 3.05) is 0 Å². The van der Waals surface area contributed by atoms with E-state index in [1.807, 2.05) is 72.8 Å². The Morgan fingerprint density at radius 3 is 1.53 bits per heavy atom. The van der Waals surface area contributed by atoms with E-state index in [1.165, 1.54) is 7.92 Å². The Morgan fingerprint density at radius 1 is 0.618 bits per heavy atom. The van der Waals surface area contributed by atoms with Gasteiger partial charge < -0.3 is 5.11 Å². The summed E-state index contributed by atoms with van der Waals surface area (Å²) in [6.07, 6.45) is 0. The van der Waals surface area contributed by atoms with Gasteiger partial charge >= 0.3 is 0 Å². The Balaban J connectivity index is 0.000000257. The van der Waals surface area contributed by atoms with Crippen LogP contribution in [0.25, 0.3) is 33.4 Å². The molecule has 2 unspecified atom stereocenters. The van der Waals surface area contributed by atoms with Crippen LogP contribution in [0.3, 0.4) is 0 Å². The van der Waals surface area contributed by atoms with Crippen LogP contribution in [0.5, 0.6) is 5.75 Å². The van der Waals surface area contributed by atoms with Gasteiger partial charge in [-0.2, -0.15) is 0 Å². The smallest absolute Gasteiger partial charge is 0.179 e. The van der Waals surface area contributed by atoms with Gasteiger partial charge in [-0.05, 0) is 51.9 Å². The number of halogens is 3. The van der Waals surface area contributed by atoms with Crippen LogP contribution in [0, 0.1) is 0 Å². The van der Waals surface area contributed by atoms with Crippen molar-refractivity contribution in [1.29, 1.82) is 0 Å². The summed E-state index contributed by atoms with van der Waals surface area (Å²) in [5, 5.41) is 10.7. The van der Waals surface area contributed by atoms with E-state index < -0.39 is 7.58 Å². The largest absolute Gasteiger partial charge is 0.507 e. The average molecular weight is 567 g/mol. The highest BCUT2D eigenvalue weighted by Gasteiger charge is 2.25. The molecule has 1 aliphatic rings. The van der Waals surface area contributed by atoms with Gasteiger partial charge in [0.25, 0.3) is 0 Å². The van der Waals surface area contributed by atoms with E-state index in [9.17, 15) is 5.11 Å². The second-order valence-electron chi connectivity index (χ2n) is 7.09. The summed E-state index contributed by atoms with van der Waals surface area (Å²) in [5.41, 5.74) is 6.28. The normalized spacial score (nSPS) is 17.9. The molecule has 174 valence electrons. The van der Waals surface area contributed by atoms with Crippen molar-refractivity contribution < 1.29 is 5.11 Å². The lowest BCUT2D eigenvalue weighted by molar-refractivity contribution is 0.477. The van der Waals surface area contributed by atoms with Crippen molar-refractivity contribution in [2.45, 2.75) is 0 Å². The van der Waals surface area contributed by atoms with Gasteiger partial charge in [-0.25, -0.2) is 0 Å². The van der Waals surface area contributed by atoms with Crippen molar-refractivity contribution in [3.63, 3.8) is 0 Å². The maximum absolute atomic E-state index is 10.7. The number of phenols is 1. The second-order valence-corrected chi connectivity index (χ2v) is 14.1. The van der Waals surface area contributed by atoms with E-state index >= 15 is 0 Å². The summed E-state index contributed by atoms with van der Waals surface area (Å²) in [6, 6.07) is 34.4. The summed E-state index contributed by atoms with van der Waals surface area (Å²) in [6.45, 7) is 0. The van der Waals surface area contributed by atoms with E-state index in [4.69, 9.17) is 34.8 Å². The highest BCUT2D eigenvalue weighted by molar-refractivity contribution is 7.91. The molecule has 0 aromatic heterocycles. The van der Waals surface area contributed by atoms with Gasteiger partial charge in [-0.15, -0.1) is 7.92 Å². The van der Waals surface area contributed by atoms with Crippen molar-refractivity contribution in [2.24, 2.45) is 0 Å². The predicted molar refractivity (Wildman–Crippen MR) is 152 cm³/mol. The van der Waals surface area contributed by atoms with Crippen LogP contribution in [0.15, 0.2) is 103 Å². The number of nitrogens with one attached hydrogen (secondary N) is 1. The molecule has 1 heterocycles. The summed E-state index contributed by atoms with van der Waals surface area (Å²) in [7, 11) is -0.235. The van der Waals surface area contributed by atoms with Gasteiger partial charge in [0.05, 0.1) is 0 Å². The third kappa shape index (κ3) is 6.28. The third-order valence-corrected chi connectivity index (χ3v) is 12.1. The molecule has 2 atom stereocenters. The molecule has 4 nitrogen and oxygen atoms in total. The van der Waals surface area contributed by atoms with Crippen LogP contribution in [0.1, 0.15) is 0 Å². The molecule has 0 aliphatic carbocycles. The van der Waals surface area contributed by atoms with Crippen molar-refractivity contribution >= 4 is 60.1 Å². The minimum Gasteiger partial charge on any atom is -0.507 e. The molecule has 1 saturated heterocycles. The SMILES string of the molecule is ClN1PNPN(Cl)P1Cl.Oc1ccc(-c2ccccc2)c(-c2ccccc2)c1-c1ccccc1. The van der Waals surface area contributed by atoms with E-state index in [1.54, 1.807) is 6.07 Å². The van der Waals surface area contributed by atoms with E-state index in [2.05, 4.69) is 29.1 Å². The first kappa shape index (κ1) is 25.8. The fourth-order valence-electron chi connectivity index (χ4n) is 3.52. The molecule has 0 bridgehead atoms. The minimum atomic E-state index is -0.982. The zero-order valence-corrected chi connectivity index (χ0v) is 22.9. The first-order valence-electron chi connectivity index (χ1n) is 10.2. The molecule has 1 aliphatic heterocycles. The molecule has 5 rings (SSSR count). The van der Waals surface area contributed by atoms with Crippen LogP contribution in [0.4, 0.5) is 0 Å². The Labute approximate surface area is 219 Å². The monoisotopic (exact) mass is 565 g/mol. The predicted octanol–water partition coefficient (Wildman–Crippen LogP) is 9.38. The lowest BCUT2D eigenvalue weighted by Crippen LogP contribution is -2.10. The highest BCUT2D eigenvalue weighted by atomic mass is 35.7. The Kier molecular flexibility index (Phi) is 9.57. The fraction of sp³-hybridized carbons (Fsp3) is 0. The quantitative estimate of drug-likeness (QED) is 0.191. The molecule has 1 fully saturated rings. The summed E-state index contributed by atoms with van der Waals surface area (Å²) >= 11 is 17.0. The first-order chi connectivity index (χ1) is 16.6.